The van der Waals surface area contributed by atoms with Crippen molar-refractivity contribution in [1.29, 1.82) is 0 Å². The fourth-order valence-corrected chi connectivity index (χ4v) is 4.66. The van der Waals surface area contributed by atoms with Gasteiger partial charge in [-0.25, -0.2) is 0 Å². The molecule has 0 amide bonds. The van der Waals surface area contributed by atoms with Gasteiger partial charge in [0.2, 0.25) is 0 Å². The van der Waals surface area contributed by atoms with Crippen molar-refractivity contribution in [2.75, 3.05) is 33.7 Å². The largest absolute Gasteiger partial charge is 0.319 e. The average Bonchev–Trinajstić information content (AvgIpc) is 2.40. The summed E-state index contributed by atoms with van der Waals surface area (Å²) in [7, 11) is 0.340. The SMILES string of the molecule is CCC(CC)N(C)S(=O)(=O)N1CCCC(CNC)C1. The number of hydrogen-bond donors (Lipinski definition) is 1. The Morgan fingerprint density at radius 2 is 2.00 bits per heavy atom. The number of nitrogens with one attached hydrogen (secondary N) is 1. The van der Waals surface area contributed by atoms with Gasteiger partial charge in [-0.2, -0.15) is 17.0 Å². The molecule has 1 heterocycles. The maximum absolute atomic E-state index is 12.6. The Bertz CT molecular complexity index is 353. The van der Waals surface area contributed by atoms with Crippen LogP contribution in [0.4, 0.5) is 0 Å². The van der Waals surface area contributed by atoms with Gasteiger partial charge in [0.15, 0.2) is 0 Å². The highest BCUT2D eigenvalue weighted by atomic mass is 32.2. The maximum atomic E-state index is 12.6. The normalized spacial score (nSPS) is 22.3. The number of hydrogen-bond acceptors (Lipinski definition) is 3. The lowest BCUT2D eigenvalue weighted by molar-refractivity contribution is 0.236. The van der Waals surface area contributed by atoms with Gasteiger partial charge < -0.3 is 5.32 Å². The zero-order valence-electron chi connectivity index (χ0n) is 12.7. The molecule has 1 N–H and O–H groups in total. The quantitative estimate of drug-likeness (QED) is 0.769. The van der Waals surface area contributed by atoms with Crippen LogP contribution in [0.1, 0.15) is 39.5 Å². The summed E-state index contributed by atoms with van der Waals surface area (Å²) in [4.78, 5) is 0. The molecule has 1 saturated heterocycles. The Morgan fingerprint density at radius 3 is 2.53 bits per heavy atom. The van der Waals surface area contributed by atoms with E-state index >= 15 is 0 Å². The first-order valence-electron chi connectivity index (χ1n) is 7.35. The molecule has 0 aliphatic carbocycles. The van der Waals surface area contributed by atoms with Crippen LogP contribution in [0.5, 0.6) is 0 Å². The highest BCUT2D eigenvalue weighted by Gasteiger charge is 2.33. The summed E-state index contributed by atoms with van der Waals surface area (Å²) >= 11 is 0. The first kappa shape index (κ1) is 16.9. The minimum atomic E-state index is -3.30. The van der Waals surface area contributed by atoms with Gasteiger partial charge in [0, 0.05) is 26.2 Å². The maximum Gasteiger partial charge on any atom is 0.281 e. The lowest BCUT2D eigenvalue weighted by Crippen LogP contribution is -2.50. The Morgan fingerprint density at radius 1 is 1.37 bits per heavy atom. The molecule has 0 bridgehead atoms. The van der Waals surface area contributed by atoms with Crippen molar-refractivity contribution in [2.24, 2.45) is 5.92 Å². The zero-order valence-corrected chi connectivity index (χ0v) is 13.5. The summed E-state index contributed by atoms with van der Waals surface area (Å²) in [6.07, 6.45) is 3.80. The number of nitrogens with zero attached hydrogens (tertiary/aromatic N) is 2. The molecule has 1 atom stereocenters. The van der Waals surface area contributed by atoms with Crippen molar-refractivity contribution in [2.45, 2.75) is 45.6 Å². The van der Waals surface area contributed by atoms with Crippen molar-refractivity contribution < 1.29 is 8.42 Å². The number of piperidine rings is 1. The molecule has 19 heavy (non-hydrogen) atoms. The van der Waals surface area contributed by atoms with E-state index < -0.39 is 10.2 Å². The molecule has 1 aliphatic heterocycles. The van der Waals surface area contributed by atoms with Crippen molar-refractivity contribution in [3.8, 4) is 0 Å². The summed E-state index contributed by atoms with van der Waals surface area (Å²) in [5, 5.41) is 3.15. The van der Waals surface area contributed by atoms with E-state index in [0.717, 1.165) is 32.2 Å². The summed E-state index contributed by atoms with van der Waals surface area (Å²) in [6, 6.07) is 0.106. The van der Waals surface area contributed by atoms with Gasteiger partial charge in [-0.05, 0) is 45.2 Å². The molecule has 0 aromatic heterocycles. The van der Waals surface area contributed by atoms with Gasteiger partial charge in [0.05, 0.1) is 0 Å². The van der Waals surface area contributed by atoms with Crippen LogP contribution in [0.3, 0.4) is 0 Å². The molecule has 114 valence electrons. The first-order chi connectivity index (χ1) is 8.97. The van der Waals surface area contributed by atoms with E-state index in [1.165, 1.54) is 0 Å². The lowest BCUT2D eigenvalue weighted by Gasteiger charge is -2.36. The van der Waals surface area contributed by atoms with Crippen molar-refractivity contribution >= 4 is 10.2 Å². The van der Waals surface area contributed by atoms with Crippen LogP contribution < -0.4 is 5.32 Å². The Balaban J connectivity index is 2.75. The van der Waals surface area contributed by atoms with E-state index in [1.54, 1.807) is 15.7 Å². The average molecular weight is 291 g/mol. The lowest BCUT2D eigenvalue weighted by atomic mass is 10.00. The predicted molar refractivity (Wildman–Crippen MR) is 79.3 cm³/mol. The summed E-state index contributed by atoms with van der Waals surface area (Å²) in [5.74, 6) is 0.434. The molecule has 1 fully saturated rings. The second-order valence-electron chi connectivity index (χ2n) is 5.42. The molecular weight excluding hydrogens is 262 g/mol. The van der Waals surface area contributed by atoms with E-state index in [-0.39, 0.29) is 6.04 Å². The van der Waals surface area contributed by atoms with Crippen LogP contribution in [0, 0.1) is 5.92 Å². The second kappa shape index (κ2) is 7.57. The van der Waals surface area contributed by atoms with Crippen molar-refractivity contribution in [3.05, 3.63) is 0 Å². The van der Waals surface area contributed by atoms with Gasteiger partial charge in [-0.15, -0.1) is 0 Å². The minimum Gasteiger partial charge on any atom is -0.319 e. The molecule has 0 spiro atoms. The highest BCUT2D eigenvalue weighted by molar-refractivity contribution is 7.86. The standard InChI is InChI=1S/C13H29N3O2S/c1-5-13(6-2)15(4)19(17,18)16-9-7-8-12(11-16)10-14-3/h12-14H,5-11H2,1-4H3. The summed E-state index contributed by atoms with van der Waals surface area (Å²) in [6.45, 7) is 6.28. The van der Waals surface area contributed by atoms with Crippen LogP contribution in [0.25, 0.3) is 0 Å². The minimum absolute atomic E-state index is 0.106. The topological polar surface area (TPSA) is 52.7 Å². The zero-order chi connectivity index (χ0) is 14.5. The second-order valence-corrected chi connectivity index (χ2v) is 7.41. The Hall–Kier alpha value is -0.170. The number of rotatable bonds is 7. The van der Waals surface area contributed by atoms with Crippen LogP contribution in [0.15, 0.2) is 0 Å². The molecule has 6 heteroatoms. The van der Waals surface area contributed by atoms with Crippen molar-refractivity contribution in [3.63, 3.8) is 0 Å². The summed E-state index contributed by atoms with van der Waals surface area (Å²) < 4.78 is 28.5. The molecule has 0 saturated carbocycles. The molecule has 0 aromatic carbocycles. The van der Waals surface area contributed by atoms with Gasteiger partial charge in [-0.1, -0.05) is 13.8 Å². The third-order valence-electron chi connectivity index (χ3n) is 4.12. The van der Waals surface area contributed by atoms with E-state index in [0.29, 0.717) is 19.0 Å². The molecule has 5 nitrogen and oxygen atoms in total. The van der Waals surface area contributed by atoms with E-state index in [1.807, 2.05) is 20.9 Å². The van der Waals surface area contributed by atoms with Crippen molar-refractivity contribution in [1.82, 2.24) is 13.9 Å². The Kier molecular flexibility index (Phi) is 6.73. The highest BCUT2D eigenvalue weighted by Crippen LogP contribution is 2.22. The van der Waals surface area contributed by atoms with Crippen LogP contribution >= 0.6 is 0 Å². The fourth-order valence-electron chi connectivity index (χ4n) is 2.87. The molecule has 1 rings (SSSR count). The molecule has 0 aromatic rings. The van der Waals surface area contributed by atoms with Gasteiger partial charge in [0.1, 0.15) is 0 Å². The third-order valence-corrected chi connectivity index (χ3v) is 6.13. The van der Waals surface area contributed by atoms with Gasteiger partial charge >= 0.3 is 0 Å². The smallest absolute Gasteiger partial charge is 0.281 e. The van der Waals surface area contributed by atoms with Gasteiger partial charge in [-0.3, -0.25) is 0 Å². The first-order valence-corrected chi connectivity index (χ1v) is 8.74. The molecule has 1 aliphatic rings. The monoisotopic (exact) mass is 291 g/mol. The van der Waals surface area contributed by atoms with Crippen LogP contribution in [0.2, 0.25) is 0 Å². The van der Waals surface area contributed by atoms with E-state index in [4.69, 9.17) is 0 Å². The fraction of sp³-hybridized carbons (Fsp3) is 1.00. The van der Waals surface area contributed by atoms with E-state index in [2.05, 4.69) is 5.32 Å². The molecule has 1 unspecified atom stereocenters. The van der Waals surface area contributed by atoms with E-state index in [9.17, 15) is 8.42 Å². The van der Waals surface area contributed by atoms with Gasteiger partial charge in [0.25, 0.3) is 10.2 Å². The van der Waals surface area contributed by atoms with Crippen LogP contribution in [-0.4, -0.2) is 56.8 Å². The predicted octanol–water partition coefficient (Wildman–Crippen LogP) is 1.28. The van der Waals surface area contributed by atoms with Crippen LogP contribution in [-0.2, 0) is 10.2 Å². The summed E-state index contributed by atoms with van der Waals surface area (Å²) in [5.41, 5.74) is 0. The third kappa shape index (κ3) is 4.15. The molecule has 0 radical (unpaired) electrons. The molecular formula is C13H29N3O2S. The Labute approximate surface area is 118 Å².